The summed E-state index contributed by atoms with van der Waals surface area (Å²) in [4.78, 5) is 49.7. The molecule has 0 radical (unpaired) electrons. The Hall–Kier alpha value is -2.65. The standard InChI is InChI=1S/C20H17BrN2O5S/c1-28-19(26)17(13-5-7-15(21)8-6-13)22-18(25)14-4-2-3-12(9-14)10-23-16(24)11-29-20(23)27/h2-9,17H,10-11H2,1H3,(H,22,25). The van der Waals surface area contributed by atoms with Crippen molar-refractivity contribution in [3.63, 3.8) is 0 Å². The summed E-state index contributed by atoms with van der Waals surface area (Å²) < 4.78 is 5.66. The highest BCUT2D eigenvalue weighted by Gasteiger charge is 2.30. The second-order valence-corrected chi connectivity index (χ2v) is 8.06. The summed E-state index contributed by atoms with van der Waals surface area (Å²) in [5.74, 6) is -1.19. The Morgan fingerprint density at radius 2 is 1.93 bits per heavy atom. The molecule has 1 fully saturated rings. The second-order valence-electron chi connectivity index (χ2n) is 6.22. The number of ether oxygens (including phenoxy) is 1. The van der Waals surface area contributed by atoms with Crippen LogP contribution in [0.4, 0.5) is 4.79 Å². The normalized spacial score (nSPS) is 14.6. The van der Waals surface area contributed by atoms with Gasteiger partial charge in [0.1, 0.15) is 0 Å². The summed E-state index contributed by atoms with van der Waals surface area (Å²) in [6.45, 7) is 0.0962. The van der Waals surface area contributed by atoms with Gasteiger partial charge < -0.3 is 10.1 Å². The molecule has 1 unspecified atom stereocenters. The Morgan fingerprint density at radius 3 is 2.55 bits per heavy atom. The summed E-state index contributed by atoms with van der Waals surface area (Å²) in [5, 5.41) is 2.38. The van der Waals surface area contributed by atoms with E-state index >= 15 is 0 Å². The molecule has 1 N–H and O–H groups in total. The highest BCUT2D eigenvalue weighted by atomic mass is 79.9. The van der Waals surface area contributed by atoms with Crippen LogP contribution in [-0.2, 0) is 20.9 Å². The lowest BCUT2D eigenvalue weighted by Gasteiger charge is -2.18. The zero-order valence-corrected chi connectivity index (χ0v) is 17.8. The maximum atomic E-state index is 12.8. The third kappa shape index (κ3) is 5.04. The molecule has 7 nitrogen and oxygen atoms in total. The van der Waals surface area contributed by atoms with Gasteiger partial charge >= 0.3 is 5.97 Å². The SMILES string of the molecule is COC(=O)C(NC(=O)c1cccc(CN2C(=O)CSC2=O)c1)c1ccc(Br)cc1. The van der Waals surface area contributed by atoms with Gasteiger partial charge in [0, 0.05) is 10.0 Å². The molecule has 1 aliphatic heterocycles. The molecule has 9 heteroatoms. The topological polar surface area (TPSA) is 92.8 Å². The van der Waals surface area contributed by atoms with Crippen LogP contribution < -0.4 is 5.32 Å². The molecule has 29 heavy (non-hydrogen) atoms. The predicted octanol–water partition coefficient (Wildman–Crippen LogP) is 3.29. The first-order valence-electron chi connectivity index (χ1n) is 8.59. The fourth-order valence-electron chi connectivity index (χ4n) is 2.79. The number of nitrogens with zero attached hydrogens (tertiary/aromatic N) is 1. The van der Waals surface area contributed by atoms with E-state index in [0.29, 0.717) is 16.7 Å². The van der Waals surface area contributed by atoms with Gasteiger partial charge in [0.25, 0.3) is 11.1 Å². The van der Waals surface area contributed by atoms with E-state index in [2.05, 4.69) is 21.2 Å². The van der Waals surface area contributed by atoms with Crippen molar-refractivity contribution in [3.05, 3.63) is 69.7 Å². The highest BCUT2D eigenvalue weighted by molar-refractivity contribution is 9.10. The number of imide groups is 1. The molecule has 0 aromatic heterocycles. The van der Waals surface area contributed by atoms with Crippen molar-refractivity contribution in [3.8, 4) is 0 Å². The van der Waals surface area contributed by atoms with E-state index in [1.165, 1.54) is 7.11 Å². The number of halogens is 1. The molecule has 0 aliphatic carbocycles. The zero-order chi connectivity index (χ0) is 21.0. The largest absolute Gasteiger partial charge is 0.467 e. The van der Waals surface area contributed by atoms with Gasteiger partial charge in [0.15, 0.2) is 6.04 Å². The number of benzene rings is 2. The first-order valence-corrected chi connectivity index (χ1v) is 10.4. The van der Waals surface area contributed by atoms with Crippen LogP contribution in [-0.4, -0.2) is 40.8 Å². The lowest BCUT2D eigenvalue weighted by molar-refractivity contribution is -0.143. The van der Waals surface area contributed by atoms with E-state index in [-0.39, 0.29) is 23.4 Å². The second kappa shape index (κ2) is 9.23. The third-order valence-corrected chi connectivity index (χ3v) is 5.67. The number of amides is 3. The molecule has 0 bridgehead atoms. The minimum absolute atomic E-state index is 0.0962. The van der Waals surface area contributed by atoms with Gasteiger partial charge in [-0.25, -0.2) is 4.79 Å². The zero-order valence-electron chi connectivity index (χ0n) is 15.4. The van der Waals surface area contributed by atoms with Gasteiger partial charge in [-0.05, 0) is 35.4 Å². The molecule has 0 spiro atoms. The summed E-state index contributed by atoms with van der Waals surface area (Å²) in [6.07, 6.45) is 0. The smallest absolute Gasteiger partial charge is 0.333 e. The quantitative estimate of drug-likeness (QED) is 0.642. The van der Waals surface area contributed by atoms with E-state index in [1.54, 1.807) is 48.5 Å². The first kappa shape index (κ1) is 21.1. The highest BCUT2D eigenvalue weighted by Crippen LogP contribution is 2.22. The van der Waals surface area contributed by atoms with Crippen LogP contribution in [0, 0.1) is 0 Å². The number of hydrogen-bond acceptors (Lipinski definition) is 6. The monoisotopic (exact) mass is 476 g/mol. The van der Waals surface area contributed by atoms with Crippen LogP contribution >= 0.6 is 27.7 Å². The lowest BCUT2D eigenvalue weighted by atomic mass is 10.1. The number of carbonyl (C=O) groups excluding carboxylic acids is 4. The van der Waals surface area contributed by atoms with E-state index in [1.807, 2.05) is 0 Å². The Balaban J connectivity index is 1.78. The van der Waals surface area contributed by atoms with Gasteiger partial charge in [-0.1, -0.05) is 52.0 Å². The number of esters is 1. The van der Waals surface area contributed by atoms with Crippen molar-refractivity contribution in [2.75, 3.05) is 12.9 Å². The minimum atomic E-state index is -0.970. The number of nitrogens with one attached hydrogen (secondary N) is 1. The molecule has 1 saturated heterocycles. The molecule has 1 aliphatic rings. The molecule has 3 rings (SSSR count). The van der Waals surface area contributed by atoms with Crippen molar-refractivity contribution in [2.24, 2.45) is 0 Å². The predicted molar refractivity (Wildman–Crippen MR) is 111 cm³/mol. The van der Waals surface area contributed by atoms with E-state index in [4.69, 9.17) is 4.74 Å². The number of rotatable bonds is 6. The Bertz CT molecular complexity index is 948. The average Bonchev–Trinajstić information content (AvgIpc) is 3.04. The number of hydrogen-bond donors (Lipinski definition) is 1. The summed E-state index contributed by atoms with van der Waals surface area (Å²) in [5.41, 5.74) is 1.52. The average molecular weight is 477 g/mol. The molecule has 2 aromatic rings. The fraction of sp³-hybridized carbons (Fsp3) is 0.200. The minimum Gasteiger partial charge on any atom is -0.467 e. The summed E-state index contributed by atoms with van der Waals surface area (Å²) in [7, 11) is 1.25. The maximum absolute atomic E-state index is 12.8. The Morgan fingerprint density at radius 1 is 1.21 bits per heavy atom. The van der Waals surface area contributed by atoms with Gasteiger partial charge in [-0.2, -0.15) is 0 Å². The number of carbonyl (C=O) groups is 4. The van der Waals surface area contributed by atoms with Gasteiger partial charge in [-0.15, -0.1) is 0 Å². The van der Waals surface area contributed by atoms with Gasteiger partial charge in [0.05, 0.1) is 19.4 Å². The van der Waals surface area contributed by atoms with Crippen LogP contribution in [0.3, 0.4) is 0 Å². The first-order chi connectivity index (χ1) is 13.9. The lowest BCUT2D eigenvalue weighted by Crippen LogP contribution is -2.34. The molecular weight excluding hydrogens is 460 g/mol. The number of thioether (sulfide) groups is 1. The van der Waals surface area contributed by atoms with Crippen LogP contribution in [0.5, 0.6) is 0 Å². The maximum Gasteiger partial charge on any atom is 0.333 e. The fourth-order valence-corrected chi connectivity index (χ4v) is 3.78. The van der Waals surface area contributed by atoms with Crippen LogP contribution in [0.2, 0.25) is 0 Å². The molecule has 1 heterocycles. The molecular formula is C20H17BrN2O5S. The van der Waals surface area contributed by atoms with E-state index in [0.717, 1.165) is 21.1 Å². The molecule has 0 saturated carbocycles. The van der Waals surface area contributed by atoms with Crippen molar-refractivity contribution in [1.29, 1.82) is 0 Å². The van der Waals surface area contributed by atoms with Gasteiger partial charge in [0.2, 0.25) is 5.91 Å². The van der Waals surface area contributed by atoms with E-state index in [9.17, 15) is 19.2 Å². The Kier molecular flexibility index (Phi) is 6.71. The van der Waals surface area contributed by atoms with Crippen molar-refractivity contribution in [1.82, 2.24) is 10.2 Å². The number of methoxy groups -OCH3 is 1. The van der Waals surface area contributed by atoms with Crippen molar-refractivity contribution < 1.29 is 23.9 Å². The van der Waals surface area contributed by atoms with Gasteiger partial charge in [-0.3, -0.25) is 19.3 Å². The molecule has 3 amide bonds. The molecule has 1 atom stereocenters. The van der Waals surface area contributed by atoms with Crippen LogP contribution in [0.1, 0.15) is 27.5 Å². The van der Waals surface area contributed by atoms with Crippen molar-refractivity contribution >= 4 is 50.7 Å². The van der Waals surface area contributed by atoms with Crippen LogP contribution in [0.15, 0.2) is 53.0 Å². The Labute approximate surface area is 179 Å². The van der Waals surface area contributed by atoms with Crippen LogP contribution in [0.25, 0.3) is 0 Å². The van der Waals surface area contributed by atoms with Crippen molar-refractivity contribution in [2.45, 2.75) is 12.6 Å². The molecule has 150 valence electrons. The summed E-state index contributed by atoms with van der Waals surface area (Å²) >= 11 is 4.29. The molecule has 2 aromatic carbocycles. The third-order valence-electron chi connectivity index (χ3n) is 4.29. The summed E-state index contributed by atoms with van der Waals surface area (Å²) in [6, 6.07) is 12.6. The van der Waals surface area contributed by atoms with E-state index < -0.39 is 17.9 Å².